The van der Waals surface area contributed by atoms with Gasteiger partial charge < -0.3 is 14.8 Å². The van der Waals surface area contributed by atoms with Gasteiger partial charge in [0.25, 0.3) is 5.92 Å². The van der Waals surface area contributed by atoms with Gasteiger partial charge in [-0.15, -0.1) is 11.3 Å². The molecule has 0 amide bonds. The van der Waals surface area contributed by atoms with Crippen molar-refractivity contribution in [3.05, 3.63) is 47.8 Å². The standard InChI is InChI=1S/C25H30F2N4O2S2/c1-17(2)33-23-8-7-20(35-28)15-21(23)29-24-30-22(16-34-24)18-3-5-19(6-4-18)32-14-13-31-11-9-25(26,27)10-12-31/h3-8,15-17H,9-14,28H2,1-2H3,(H,29,30). The summed E-state index contributed by atoms with van der Waals surface area (Å²) in [6, 6.07) is 13.5. The Balaban J connectivity index is 1.33. The molecular weight excluding hydrogens is 490 g/mol. The quantitative estimate of drug-likeness (QED) is 0.299. The zero-order valence-corrected chi connectivity index (χ0v) is 21.4. The molecule has 0 aliphatic carbocycles. The van der Waals surface area contributed by atoms with E-state index in [-0.39, 0.29) is 18.9 Å². The molecule has 4 rings (SSSR count). The zero-order valence-electron chi connectivity index (χ0n) is 19.8. The lowest BCUT2D eigenvalue weighted by molar-refractivity contribution is -0.0564. The van der Waals surface area contributed by atoms with E-state index in [1.165, 1.54) is 23.3 Å². The SMILES string of the molecule is CC(C)Oc1ccc(SN)cc1Nc1nc(-c2ccc(OCCN3CCC(F)(F)CC3)cc2)cs1. The number of ether oxygens (including phenoxy) is 2. The largest absolute Gasteiger partial charge is 0.492 e. The Bertz CT molecular complexity index is 1100. The number of anilines is 2. The highest BCUT2D eigenvalue weighted by molar-refractivity contribution is 7.97. The molecule has 0 bridgehead atoms. The molecule has 0 spiro atoms. The first kappa shape index (κ1) is 25.7. The van der Waals surface area contributed by atoms with E-state index in [4.69, 9.17) is 19.6 Å². The van der Waals surface area contributed by atoms with Gasteiger partial charge >= 0.3 is 0 Å². The second-order valence-electron chi connectivity index (χ2n) is 8.68. The molecule has 1 aliphatic rings. The predicted molar refractivity (Wildman–Crippen MR) is 139 cm³/mol. The van der Waals surface area contributed by atoms with Crippen LogP contribution in [0.25, 0.3) is 11.3 Å². The molecule has 1 saturated heterocycles. The summed E-state index contributed by atoms with van der Waals surface area (Å²) in [7, 11) is 0. The maximum Gasteiger partial charge on any atom is 0.250 e. The van der Waals surface area contributed by atoms with Gasteiger partial charge in [-0.1, -0.05) is 0 Å². The number of piperidine rings is 1. The van der Waals surface area contributed by atoms with Crippen molar-refractivity contribution in [3.63, 3.8) is 0 Å². The van der Waals surface area contributed by atoms with Crippen LogP contribution in [0, 0.1) is 0 Å². The zero-order chi connectivity index (χ0) is 24.8. The summed E-state index contributed by atoms with van der Waals surface area (Å²) in [6.45, 7) is 5.91. The number of halogens is 2. The van der Waals surface area contributed by atoms with Crippen molar-refractivity contribution in [2.75, 3.05) is 31.6 Å². The van der Waals surface area contributed by atoms with Crippen LogP contribution in [0.5, 0.6) is 11.5 Å². The van der Waals surface area contributed by atoms with Gasteiger partial charge in [-0.3, -0.25) is 10.0 Å². The molecule has 2 heterocycles. The topological polar surface area (TPSA) is 72.6 Å². The summed E-state index contributed by atoms with van der Waals surface area (Å²) < 4.78 is 38.3. The Hall–Kier alpha value is -2.40. The minimum Gasteiger partial charge on any atom is -0.492 e. The molecule has 3 N–H and O–H groups in total. The molecule has 1 aromatic heterocycles. The van der Waals surface area contributed by atoms with Gasteiger partial charge in [-0.2, -0.15) is 0 Å². The van der Waals surface area contributed by atoms with E-state index in [0.717, 1.165) is 38.5 Å². The smallest absolute Gasteiger partial charge is 0.250 e. The first-order valence-electron chi connectivity index (χ1n) is 11.5. The average molecular weight is 521 g/mol. The van der Waals surface area contributed by atoms with Crippen LogP contribution in [-0.2, 0) is 0 Å². The molecule has 0 radical (unpaired) electrons. The number of hydrogen-bond donors (Lipinski definition) is 2. The summed E-state index contributed by atoms with van der Waals surface area (Å²) in [6.07, 6.45) is -0.102. The van der Waals surface area contributed by atoms with Crippen molar-refractivity contribution >= 4 is 34.1 Å². The van der Waals surface area contributed by atoms with Gasteiger partial charge in [-0.05, 0) is 68.3 Å². The molecule has 0 atom stereocenters. The maximum absolute atomic E-state index is 13.3. The van der Waals surface area contributed by atoms with E-state index in [9.17, 15) is 8.78 Å². The lowest BCUT2D eigenvalue weighted by atomic mass is 10.1. The lowest BCUT2D eigenvalue weighted by Crippen LogP contribution is -2.41. The second kappa shape index (κ2) is 11.6. The highest BCUT2D eigenvalue weighted by Gasteiger charge is 2.33. The average Bonchev–Trinajstić information content (AvgIpc) is 3.30. The number of aromatic nitrogens is 1. The van der Waals surface area contributed by atoms with E-state index in [0.29, 0.717) is 26.2 Å². The van der Waals surface area contributed by atoms with E-state index in [1.807, 2.05) is 66.6 Å². The summed E-state index contributed by atoms with van der Waals surface area (Å²) in [5.41, 5.74) is 2.65. The number of benzene rings is 2. The lowest BCUT2D eigenvalue weighted by Gasteiger charge is -2.31. The van der Waals surface area contributed by atoms with E-state index < -0.39 is 5.92 Å². The predicted octanol–water partition coefficient (Wildman–Crippen LogP) is 6.42. The van der Waals surface area contributed by atoms with Crippen molar-refractivity contribution in [1.82, 2.24) is 9.88 Å². The maximum atomic E-state index is 13.3. The Labute approximate surface area is 213 Å². The minimum atomic E-state index is -2.52. The summed E-state index contributed by atoms with van der Waals surface area (Å²) in [4.78, 5) is 7.67. The molecule has 1 fully saturated rings. The third kappa shape index (κ3) is 7.30. The molecule has 1 aliphatic heterocycles. The van der Waals surface area contributed by atoms with Crippen LogP contribution >= 0.6 is 23.3 Å². The van der Waals surface area contributed by atoms with Crippen LogP contribution in [0.3, 0.4) is 0 Å². The van der Waals surface area contributed by atoms with E-state index in [1.54, 1.807) is 0 Å². The number of hydrogen-bond acceptors (Lipinski definition) is 8. The molecule has 35 heavy (non-hydrogen) atoms. The Morgan fingerprint density at radius 1 is 1.17 bits per heavy atom. The summed E-state index contributed by atoms with van der Waals surface area (Å²) in [5, 5.41) is 11.8. The van der Waals surface area contributed by atoms with Crippen molar-refractivity contribution < 1.29 is 18.3 Å². The molecule has 0 unspecified atom stereocenters. The summed E-state index contributed by atoms with van der Waals surface area (Å²) in [5.74, 6) is -1.03. The highest BCUT2D eigenvalue weighted by atomic mass is 32.2. The Kier molecular flexibility index (Phi) is 8.48. The fourth-order valence-corrected chi connectivity index (χ4v) is 4.80. The highest BCUT2D eigenvalue weighted by Crippen LogP contribution is 2.34. The van der Waals surface area contributed by atoms with Crippen LogP contribution in [0.2, 0.25) is 0 Å². The monoisotopic (exact) mass is 520 g/mol. The first-order chi connectivity index (χ1) is 16.8. The molecule has 188 valence electrons. The third-order valence-corrected chi connectivity index (χ3v) is 6.89. The van der Waals surface area contributed by atoms with Gasteiger partial charge in [0, 0.05) is 48.3 Å². The van der Waals surface area contributed by atoms with Crippen LogP contribution in [0.1, 0.15) is 26.7 Å². The number of rotatable bonds is 10. The van der Waals surface area contributed by atoms with Gasteiger partial charge in [0.2, 0.25) is 0 Å². The fraction of sp³-hybridized carbons (Fsp3) is 0.400. The fourth-order valence-electron chi connectivity index (χ4n) is 3.73. The number of nitrogens with one attached hydrogen (secondary N) is 1. The van der Waals surface area contributed by atoms with Crippen LogP contribution in [0.4, 0.5) is 19.6 Å². The number of thiazole rings is 1. The Morgan fingerprint density at radius 3 is 2.60 bits per heavy atom. The molecule has 0 saturated carbocycles. The first-order valence-corrected chi connectivity index (χ1v) is 13.3. The van der Waals surface area contributed by atoms with Crippen LogP contribution < -0.4 is 19.9 Å². The van der Waals surface area contributed by atoms with Crippen molar-refractivity contribution in [2.45, 2.75) is 43.6 Å². The number of likely N-dealkylation sites (tertiary alicyclic amines) is 1. The van der Waals surface area contributed by atoms with Gasteiger partial charge in [0.1, 0.15) is 18.1 Å². The third-order valence-electron chi connectivity index (χ3n) is 5.61. The van der Waals surface area contributed by atoms with Gasteiger partial charge in [0.15, 0.2) is 5.13 Å². The minimum absolute atomic E-state index is 0.0455. The summed E-state index contributed by atoms with van der Waals surface area (Å²) >= 11 is 2.69. The number of nitrogens with zero attached hydrogens (tertiary/aromatic N) is 2. The van der Waals surface area contributed by atoms with E-state index >= 15 is 0 Å². The second-order valence-corrected chi connectivity index (χ2v) is 10.2. The van der Waals surface area contributed by atoms with Crippen molar-refractivity contribution in [1.29, 1.82) is 0 Å². The van der Waals surface area contributed by atoms with Gasteiger partial charge in [0.05, 0.1) is 17.5 Å². The van der Waals surface area contributed by atoms with Crippen molar-refractivity contribution in [3.8, 4) is 22.8 Å². The van der Waals surface area contributed by atoms with Crippen LogP contribution in [0.15, 0.2) is 52.7 Å². The van der Waals surface area contributed by atoms with Crippen LogP contribution in [-0.4, -0.2) is 48.2 Å². The van der Waals surface area contributed by atoms with Crippen molar-refractivity contribution in [2.24, 2.45) is 5.14 Å². The van der Waals surface area contributed by atoms with E-state index in [2.05, 4.69) is 5.32 Å². The molecule has 2 aromatic carbocycles. The molecule has 6 nitrogen and oxygen atoms in total. The molecule has 10 heteroatoms. The van der Waals surface area contributed by atoms with Gasteiger partial charge in [-0.25, -0.2) is 13.8 Å². The molecular formula is C25H30F2N4O2S2. The Morgan fingerprint density at radius 2 is 1.91 bits per heavy atom. The number of alkyl halides is 2. The number of nitrogens with two attached hydrogens (primary N) is 1. The normalized spacial score (nSPS) is 15.8. The molecule has 3 aromatic rings.